The van der Waals surface area contributed by atoms with Crippen molar-refractivity contribution in [2.75, 3.05) is 17.7 Å². The molecule has 0 aliphatic rings. The van der Waals surface area contributed by atoms with Gasteiger partial charge in [-0.25, -0.2) is 13.2 Å². The minimum Gasteiger partial charge on any atom is -0.495 e. The molecule has 0 bridgehead atoms. The number of nitrogens with one attached hydrogen (secondary N) is 2. The molecule has 2 N–H and O–H groups in total. The van der Waals surface area contributed by atoms with Gasteiger partial charge in [-0.05, 0) is 30.3 Å². The fraction of sp³-hybridized carbons (Fsp3) is 0.0667. The summed E-state index contributed by atoms with van der Waals surface area (Å²) < 4.78 is 44.4. The van der Waals surface area contributed by atoms with Crippen molar-refractivity contribution in [1.82, 2.24) is 0 Å². The minimum atomic E-state index is -1.76. The molecule has 9 heteroatoms. The highest BCUT2D eigenvalue weighted by molar-refractivity contribution is 6.44. The topological polar surface area (TPSA) is 67.4 Å². The fourth-order valence-corrected chi connectivity index (χ4v) is 1.93. The monoisotopic (exact) mass is 358 g/mol. The largest absolute Gasteiger partial charge is 0.495 e. The second kappa shape index (κ2) is 7.22. The lowest BCUT2D eigenvalue weighted by Gasteiger charge is -2.11. The lowest BCUT2D eigenvalue weighted by Crippen LogP contribution is -2.29. The smallest absolute Gasteiger partial charge is 0.314 e. The second-order valence-corrected chi connectivity index (χ2v) is 4.91. The number of amides is 2. The van der Waals surface area contributed by atoms with Gasteiger partial charge in [-0.2, -0.15) is 0 Å². The summed E-state index contributed by atoms with van der Waals surface area (Å²) in [4.78, 5) is 23.6. The predicted octanol–water partition coefficient (Wildman–Crippen LogP) is 3.34. The molecule has 126 valence electrons. The fourth-order valence-electron chi connectivity index (χ4n) is 1.76. The molecule has 0 aliphatic carbocycles. The summed E-state index contributed by atoms with van der Waals surface area (Å²) in [6.45, 7) is 0. The number of anilines is 2. The van der Waals surface area contributed by atoms with Crippen molar-refractivity contribution < 1.29 is 27.5 Å². The van der Waals surface area contributed by atoms with Crippen LogP contribution in [0.3, 0.4) is 0 Å². The molecule has 0 spiro atoms. The van der Waals surface area contributed by atoms with E-state index in [1.54, 1.807) is 0 Å². The Hall–Kier alpha value is -2.74. The Balaban J connectivity index is 2.15. The molecular weight excluding hydrogens is 349 g/mol. The Labute approximate surface area is 139 Å². The van der Waals surface area contributed by atoms with Gasteiger partial charge < -0.3 is 15.4 Å². The molecule has 24 heavy (non-hydrogen) atoms. The van der Waals surface area contributed by atoms with Crippen LogP contribution < -0.4 is 15.4 Å². The van der Waals surface area contributed by atoms with Crippen LogP contribution >= 0.6 is 11.6 Å². The molecule has 0 aliphatic heterocycles. The quantitative estimate of drug-likeness (QED) is 0.653. The standard InChI is InChI=1S/C15H10ClF3N2O3/c1-24-11-5-2-7(16)6-10(11)21-15(23)14(22)20-9-4-3-8(17)12(18)13(9)19/h2-6H,1H3,(H,20,22)(H,21,23). The molecular formula is C15H10ClF3N2O3. The van der Waals surface area contributed by atoms with Crippen LogP contribution in [0.15, 0.2) is 30.3 Å². The van der Waals surface area contributed by atoms with E-state index in [9.17, 15) is 22.8 Å². The van der Waals surface area contributed by atoms with Crippen LogP contribution in [0, 0.1) is 17.5 Å². The van der Waals surface area contributed by atoms with Crippen molar-refractivity contribution >= 4 is 34.8 Å². The van der Waals surface area contributed by atoms with E-state index in [1.165, 1.54) is 25.3 Å². The van der Waals surface area contributed by atoms with E-state index >= 15 is 0 Å². The summed E-state index contributed by atoms with van der Waals surface area (Å²) >= 11 is 5.79. The lowest BCUT2D eigenvalue weighted by molar-refractivity contribution is -0.133. The van der Waals surface area contributed by atoms with Crippen molar-refractivity contribution in [3.8, 4) is 5.75 Å². The molecule has 2 amide bonds. The van der Waals surface area contributed by atoms with Gasteiger partial charge in [0.25, 0.3) is 0 Å². The number of hydrogen-bond donors (Lipinski definition) is 2. The van der Waals surface area contributed by atoms with Crippen LogP contribution in [0.2, 0.25) is 5.02 Å². The third-order valence-electron chi connectivity index (χ3n) is 2.90. The first-order valence-corrected chi connectivity index (χ1v) is 6.80. The first kappa shape index (κ1) is 17.6. The molecule has 0 atom stereocenters. The number of ether oxygens (including phenoxy) is 1. The van der Waals surface area contributed by atoms with Gasteiger partial charge in [0.15, 0.2) is 17.5 Å². The van der Waals surface area contributed by atoms with Crippen LogP contribution in [-0.4, -0.2) is 18.9 Å². The van der Waals surface area contributed by atoms with E-state index in [0.29, 0.717) is 6.07 Å². The van der Waals surface area contributed by atoms with Gasteiger partial charge in [0.2, 0.25) is 0 Å². The second-order valence-electron chi connectivity index (χ2n) is 4.48. The molecule has 0 radical (unpaired) electrons. The molecule has 0 saturated carbocycles. The maximum Gasteiger partial charge on any atom is 0.314 e. The van der Waals surface area contributed by atoms with E-state index in [-0.39, 0.29) is 16.5 Å². The maximum atomic E-state index is 13.5. The molecule has 5 nitrogen and oxygen atoms in total. The average Bonchev–Trinajstić information content (AvgIpc) is 2.55. The van der Waals surface area contributed by atoms with Gasteiger partial charge in [0.05, 0.1) is 18.5 Å². The third kappa shape index (κ3) is 3.77. The van der Waals surface area contributed by atoms with Crippen molar-refractivity contribution in [3.63, 3.8) is 0 Å². The first-order chi connectivity index (χ1) is 11.3. The number of rotatable bonds is 3. The Morgan fingerprint density at radius 1 is 0.958 bits per heavy atom. The normalized spacial score (nSPS) is 10.2. The summed E-state index contributed by atoms with van der Waals surface area (Å²) in [5, 5.41) is 4.34. The van der Waals surface area contributed by atoms with Crippen molar-refractivity contribution in [3.05, 3.63) is 52.8 Å². The Morgan fingerprint density at radius 2 is 1.58 bits per heavy atom. The summed E-state index contributed by atoms with van der Waals surface area (Å²) in [6.07, 6.45) is 0. The van der Waals surface area contributed by atoms with E-state index < -0.39 is 35.0 Å². The molecule has 0 heterocycles. The Bertz CT molecular complexity index is 815. The van der Waals surface area contributed by atoms with Gasteiger partial charge in [-0.15, -0.1) is 0 Å². The van der Waals surface area contributed by atoms with Crippen LogP contribution in [-0.2, 0) is 9.59 Å². The summed E-state index contributed by atoms with van der Waals surface area (Å²) in [5.74, 6) is -7.03. The molecule has 0 aromatic heterocycles. The highest BCUT2D eigenvalue weighted by Crippen LogP contribution is 2.27. The van der Waals surface area contributed by atoms with Gasteiger partial charge in [-0.1, -0.05) is 11.6 Å². The van der Waals surface area contributed by atoms with Gasteiger partial charge in [0, 0.05) is 5.02 Å². The SMILES string of the molecule is COc1ccc(Cl)cc1NC(=O)C(=O)Nc1ccc(F)c(F)c1F. The predicted molar refractivity (Wildman–Crippen MR) is 81.6 cm³/mol. The summed E-state index contributed by atoms with van der Waals surface area (Å²) in [5.41, 5.74) is -0.567. The number of hydrogen-bond acceptors (Lipinski definition) is 3. The maximum absolute atomic E-state index is 13.5. The zero-order valence-corrected chi connectivity index (χ0v) is 12.9. The van der Waals surface area contributed by atoms with Crippen molar-refractivity contribution in [2.45, 2.75) is 0 Å². The third-order valence-corrected chi connectivity index (χ3v) is 3.13. The van der Waals surface area contributed by atoms with E-state index in [1.807, 2.05) is 5.32 Å². The number of halogens is 4. The minimum absolute atomic E-state index is 0.107. The first-order valence-electron chi connectivity index (χ1n) is 6.43. The zero-order valence-electron chi connectivity index (χ0n) is 12.1. The van der Waals surface area contributed by atoms with Crippen LogP contribution in [0.4, 0.5) is 24.5 Å². The van der Waals surface area contributed by atoms with Gasteiger partial charge in [0.1, 0.15) is 5.75 Å². The highest BCUT2D eigenvalue weighted by atomic mass is 35.5. The Morgan fingerprint density at radius 3 is 2.21 bits per heavy atom. The molecule has 2 aromatic carbocycles. The van der Waals surface area contributed by atoms with Crippen molar-refractivity contribution in [1.29, 1.82) is 0 Å². The van der Waals surface area contributed by atoms with Gasteiger partial charge >= 0.3 is 11.8 Å². The highest BCUT2D eigenvalue weighted by Gasteiger charge is 2.20. The summed E-state index contributed by atoms with van der Waals surface area (Å²) in [7, 11) is 1.34. The van der Waals surface area contributed by atoms with Gasteiger partial charge in [-0.3, -0.25) is 9.59 Å². The number of carbonyl (C=O) groups excluding carboxylic acids is 2. The molecule has 2 rings (SSSR count). The molecule has 0 saturated heterocycles. The Kier molecular flexibility index (Phi) is 5.30. The van der Waals surface area contributed by atoms with E-state index in [2.05, 4.69) is 5.32 Å². The number of benzene rings is 2. The van der Waals surface area contributed by atoms with E-state index in [0.717, 1.165) is 6.07 Å². The zero-order chi connectivity index (χ0) is 17.9. The van der Waals surface area contributed by atoms with Crippen LogP contribution in [0.1, 0.15) is 0 Å². The number of carbonyl (C=O) groups is 2. The van der Waals surface area contributed by atoms with Crippen LogP contribution in [0.5, 0.6) is 5.75 Å². The van der Waals surface area contributed by atoms with Crippen molar-refractivity contribution in [2.24, 2.45) is 0 Å². The molecule has 0 unspecified atom stereocenters. The molecule has 0 fully saturated rings. The molecule has 2 aromatic rings. The summed E-state index contributed by atoms with van der Waals surface area (Å²) in [6, 6.07) is 5.71. The average molecular weight is 359 g/mol. The number of methoxy groups -OCH3 is 1. The van der Waals surface area contributed by atoms with Crippen LogP contribution in [0.25, 0.3) is 0 Å². The lowest BCUT2D eigenvalue weighted by atomic mass is 10.2. The van der Waals surface area contributed by atoms with E-state index in [4.69, 9.17) is 16.3 Å².